The lowest BCUT2D eigenvalue weighted by Crippen LogP contribution is -2.08. The van der Waals surface area contributed by atoms with Crippen LogP contribution in [0.5, 0.6) is 5.75 Å². The van der Waals surface area contributed by atoms with Gasteiger partial charge in [-0.25, -0.2) is 9.18 Å². The lowest BCUT2D eigenvalue weighted by molar-refractivity contribution is 0.0697. The lowest BCUT2D eigenvalue weighted by Gasteiger charge is -2.10. The van der Waals surface area contributed by atoms with E-state index in [0.29, 0.717) is 0 Å². The van der Waals surface area contributed by atoms with Crippen LogP contribution in [0.4, 0.5) is 10.1 Å². The van der Waals surface area contributed by atoms with Crippen LogP contribution < -0.4 is 10.5 Å². The molecule has 0 bridgehead atoms. The van der Waals surface area contributed by atoms with Crippen molar-refractivity contribution in [3.05, 3.63) is 23.0 Å². The standard InChI is InChI=1S/C9H10FNO3/c1-4-3-5(10)8(14-2)7(11)6(4)9(12)13/h3H,11H2,1-2H3,(H,12,13). The Morgan fingerprint density at radius 3 is 2.64 bits per heavy atom. The number of hydrogen-bond donors (Lipinski definition) is 2. The van der Waals surface area contributed by atoms with Crippen molar-refractivity contribution in [2.45, 2.75) is 6.92 Å². The van der Waals surface area contributed by atoms with Crippen LogP contribution in [0, 0.1) is 12.7 Å². The number of anilines is 1. The molecule has 0 atom stereocenters. The number of aryl methyl sites for hydroxylation is 1. The number of nitrogens with two attached hydrogens (primary N) is 1. The monoisotopic (exact) mass is 199 g/mol. The van der Waals surface area contributed by atoms with Crippen molar-refractivity contribution in [1.29, 1.82) is 0 Å². The van der Waals surface area contributed by atoms with Gasteiger partial charge in [0.25, 0.3) is 0 Å². The van der Waals surface area contributed by atoms with E-state index in [-0.39, 0.29) is 22.6 Å². The van der Waals surface area contributed by atoms with Gasteiger partial charge in [0.1, 0.15) is 0 Å². The van der Waals surface area contributed by atoms with Gasteiger partial charge in [-0.15, -0.1) is 0 Å². The van der Waals surface area contributed by atoms with E-state index in [2.05, 4.69) is 4.74 Å². The number of methoxy groups -OCH3 is 1. The Bertz CT molecular complexity index is 390. The molecule has 0 aliphatic heterocycles. The predicted molar refractivity (Wildman–Crippen MR) is 49.1 cm³/mol. The normalized spacial score (nSPS) is 9.93. The van der Waals surface area contributed by atoms with Crippen LogP contribution in [0.3, 0.4) is 0 Å². The summed E-state index contributed by atoms with van der Waals surface area (Å²) in [5.41, 5.74) is 5.42. The minimum absolute atomic E-state index is 0.122. The molecule has 0 amide bonds. The fraction of sp³-hybridized carbons (Fsp3) is 0.222. The Morgan fingerprint density at radius 2 is 2.21 bits per heavy atom. The number of aromatic carboxylic acids is 1. The predicted octanol–water partition coefficient (Wildman–Crippen LogP) is 1.42. The molecular formula is C9H10FNO3. The van der Waals surface area contributed by atoms with Crippen molar-refractivity contribution < 1.29 is 19.0 Å². The summed E-state index contributed by atoms with van der Waals surface area (Å²) in [4.78, 5) is 10.8. The number of halogens is 1. The summed E-state index contributed by atoms with van der Waals surface area (Å²) in [6, 6.07) is 1.08. The van der Waals surface area contributed by atoms with Gasteiger partial charge in [0.15, 0.2) is 11.6 Å². The van der Waals surface area contributed by atoms with Gasteiger partial charge in [-0.2, -0.15) is 0 Å². The maximum absolute atomic E-state index is 13.2. The van der Waals surface area contributed by atoms with Gasteiger partial charge < -0.3 is 15.6 Å². The Balaban J connectivity index is 3.52. The molecule has 0 saturated carbocycles. The molecule has 1 rings (SSSR count). The molecule has 0 heterocycles. The third-order valence-electron chi connectivity index (χ3n) is 1.89. The second-order valence-electron chi connectivity index (χ2n) is 2.80. The number of benzene rings is 1. The second kappa shape index (κ2) is 3.53. The molecule has 4 nitrogen and oxygen atoms in total. The quantitative estimate of drug-likeness (QED) is 0.706. The molecule has 0 aromatic heterocycles. The van der Waals surface area contributed by atoms with E-state index in [9.17, 15) is 9.18 Å². The van der Waals surface area contributed by atoms with E-state index in [1.165, 1.54) is 14.0 Å². The maximum atomic E-state index is 13.2. The number of nitrogen functional groups attached to an aromatic ring is 1. The minimum atomic E-state index is -1.20. The van der Waals surface area contributed by atoms with E-state index < -0.39 is 11.8 Å². The smallest absolute Gasteiger partial charge is 0.338 e. The molecule has 0 aliphatic carbocycles. The molecule has 0 fully saturated rings. The highest BCUT2D eigenvalue weighted by Crippen LogP contribution is 2.31. The topological polar surface area (TPSA) is 72.5 Å². The Hall–Kier alpha value is -1.78. The Kier molecular flexibility index (Phi) is 2.60. The summed E-state index contributed by atoms with van der Waals surface area (Å²) in [6.45, 7) is 1.47. The highest BCUT2D eigenvalue weighted by Gasteiger charge is 2.19. The van der Waals surface area contributed by atoms with Crippen LogP contribution >= 0.6 is 0 Å². The zero-order chi connectivity index (χ0) is 10.9. The van der Waals surface area contributed by atoms with Crippen LogP contribution in [0.2, 0.25) is 0 Å². The summed E-state index contributed by atoms with van der Waals surface area (Å²) in [7, 11) is 1.23. The van der Waals surface area contributed by atoms with E-state index in [0.717, 1.165) is 6.07 Å². The van der Waals surface area contributed by atoms with Crippen LogP contribution in [-0.4, -0.2) is 18.2 Å². The third kappa shape index (κ3) is 1.48. The number of rotatable bonds is 2. The maximum Gasteiger partial charge on any atom is 0.338 e. The third-order valence-corrected chi connectivity index (χ3v) is 1.89. The van der Waals surface area contributed by atoms with Gasteiger partial charge in [0, 0.05) is 0 Å². The number of hydrogen-bond acceptors (Lipinski definition) is 3. The van der Waals surface area contributed by atoms with E-state index in [1.54, 1.807) is 0 Å². The highest BCUT2D eigenvalue weighted by atomic mass is 19.1. The molecule has 14 heavy (non-hydrogen) atoms. The number of carboxylic acid groups (broad SMARTS) is 1. The van der Waals surface area contributed by atoms with Crippen LogP contribution in [0.1, 0.15) is 15.9 Å². The largest absolute Gasteiger partial charge is 0.492 e. The Morgan fingerprint density at radius 1 is 1.64 bits per heavy atom. The van der Waals surface area contributed by atoms with Gasteiger partial charge in [-0.1, -0.05) is 0 Å². The number of carboxylic acids is 1. The summed E-state index contributed by atoms with van der Waals surface area (Å²) in [6.07, 6.45) is 0. The molecule has 76 valence electrons. The fourth-order valence-corrected chi connectivity index (χ4v) is 1.27. The Labute approximate surface area is 80.1 Å². The minimum Gasteiger partial charge on any atom is -0.492 e. The van der Waals surface area contributed by atoms with Crippen molar-refractivity contribution in [3.8, 4) is 5.75 Å². The van der Waals surface area contributed by atoms with E-state index >= 15 is 0 Å². The van der Waals surface area contributed by atoms with Gasteiger partial charge in [0.05, 0.1) is 18.4 Å². The number of carbonyl (C=O) groups is 1. The molecule has 5 heteroatoms. The first-order valence-electron chi connectivity index (χ1n) is 3.85. The molecule has 3 N–H and O–H groups in total. The first-order valence-corrected chi connectivity index (χ1v) is 3.85. The van der Waals surface area contributed by atoms with Crippen molar-refractivity contribution in [1.82, 2.24) is 0 Å². The van der Waals surface area contributed by atoms with Crippen molar-refractivity contribution >= 4 is 11.7 Å². The highest BCUT2D eigenvalue weighted by molar-refractivity contribution is 5.96. The molecule has 0 aliphatic rings. The molecule has 1 aromatic rings. The van der Waals surface area contributed by atoms with Crippen LogP contribution in [0.15, 0.2) is 6.07 Å². The SMILES string of the molecule is COc1c(F)cc(C)c(C(=O)O)c1N. The summed E-state index contributed by atoms with van der Waals surface area (Å²) in [5, 5.41) is 8.80. The molecular weight excluding hydrogens is 189 g/mol. The number of ether oxygens (including phenoxy) is 1. The van der Waals surface area contributed by atoms with Crippen molar-refractivity contribution in [2.75, 3.05) is 12.8 Å². The van der Waals surface area contributed by atoms with Crippen molar-refractivity contribution in [3.63, 3.8) is 0 Å². The summed E-state index contributed by atoms with van der Waals surface area (Å²) >= 11 is 0. The zero-order valence-corrected chi connectivity index (χ0v) is 7.80. The summed E-state index contributed by atoms with van der Waals surface area (Å²) in [5.74, 6) is -2.08. The molecule has 1 aromatic carbocycles. The van der Waals surface area contributed by atoms with Crippen LogP contribution in [-0.2, 0) is 0 Å². The summed E-state index contributed by atoms with van der Waals surface area (Å²) < 4.78 is 17.8. The lowest BCUT2D eigenvalue weighted by atomic mass is 10.1. The fourth-order valence-electron chi connectivity index (χ4n) is 1.27. The van der Waals surface area contributed by atoms with Gasteiger partial charge in [0.2, 0.25) is 0 Å². The van der Waals surface area contributed by atoms with Crippen molar-refractivity contribution in [2.24, 2.45) is 0 Å². The molecule has 0 unspecified atom stereocenters. The van der Waals surface area contributed by atoms with Crippen LogP contribution in [0.25, 0.3) is 0 Å². The first kappa shape index (κ1) is 10.3. The zero-order valence-electron chi connectivity index (χ0n) is 7.80. The second-order valence-corrected chi connectivity index (χ2v) is 2.80. The average molecular weight is 199 g/mol. The van der Waals surface area contributed by atoms with Gasteiger partial charge in [-0.3, -0.25) is 0 Å². The van der Waals surface area contributed by atoms with Gasteiger partial charge in [-0.05, 0) is 18.6 Å². The molecule has 0 radical (unpaired) electrons. The van der Waals surface area contributed by atoms with Gasteiger partial charge >= 0.3 is 5.97 Å². The molecule has 0 saturated heterocycles. The van der Waals surface area contributed by atoms with E-state index in [4.69, 9.17) is 10.8 Å². The average Bonchev–Trinajstić information content (AvgIpc) is 2.02. The first-order chi connectivity index (χ1) is 6.49. The van der Waals surface area contributed by atoms with E-state index in [1.807, 2.05) is 0 Å². The molecule has 0 spiro atoms.